The Kier molecular flexibility index (Phi) is 6.93. The van der Waals surface area contributed by atoms with Crippen LogP contribution in [-0.4, -0.2) is 27.0 Å². The first kappa shape index (κ1) is 26.6. The highest BCUT2D eigenvalue weighted by atomic mass is 16.5. The molecule has 4 N–H and O–H groups in total. The van der Waals surface area contributed by atoms with Gasteiger partial charge in [-0.1, -0.05) is 109 Å². The summed E-state index contributed by atoms with van der Waals surface area (Å²) in [6, 6.07) is 40.6. The lowest BCUT2D eigenvalue weighted by atomic mass is 9.96. The predicted octanol–water partition coefficient (Wildman–Crippen LogP) is 7.47. The van der Waals surface area contributed by atoms with Gasteiger partial charge in [-0.2, -0.15) is 15.4 Å². The van der Waals surface area contributed by atoms with E-state index in [9.17, 15) is 4.79 Å². The van der Waals surface area contributed by atoms with Crippen molar-refractivity contribution < 1.29 is 9.53 Å². The van der Waals surface area contributed by atoms with Crippen LogP contribution in [0.4, 0.5) is 10.5 Å². The molecule has 0 saturated heterocycles. The number of nitrogens with two attached hydrogens (primary N) is 1. The molecule has 1 aliphatic rings. The summed E-state index contributed by atoms with van der Waals surface area (Å²) in [6.07, 6.45) is 1.29. The van der Waals surface area contributed by atoms with Crippen molar-refractivity contribution in [2.24, 2.45) is 5.73 Å². The number of rotatable bonds is 8. The highest BCUT2D eigenvalue weighted by molar-refractivity contribution is 5.87. The van der Waals surface area contributed by atoms with Gasteiger partial charge >= 0.3 is 6.09 Å². The van der Waals surface area contributed by atoms with Gasteiger partial charge in [0.25, 0.3) is 0 Å². The Morgan fingerprint density at radius 1 is 0.791 bits per heavy atom. The van der Waals surface area contributed by atoms with Crippen LogP contribution in [0, 0.1) is 0 Å². The summed E-state index contributed by atoms with van der Waals surface area (Å²) >= 11 is 0. The normalized spacial score (nSPS) is 17.5. The number of nitrogens with zero attached hydrogens (tertiary/aromatic N) is 2. The highest BCUT2D eigenvalue weighted by Gasteiger charge is 2.51. The summed E-state index contributed by atoms with van der Waals surface area (Å²) in [5.41, 5.74) is 13.9. The number of carbonyl (C=O) groups is 1. The zero-order chi connectivity index (χ0) is 29.2. The molecule has 5 aromatic carbocycles. The molecule has 2 unspecified atom stereocenters. The van der Waals surface area contributed by atoms with Crippen molar-refractivity contribution in [3.8, 4) is 22.5 Å². The van der Waals surface area contributed by atoms with Gasteiger partial charge in [0.1, 0.15) is 18.0 Å². The molecule has 1 heterocycles. The summed E-state index contributed by atoms with van der Waals surface area (Å²) in [4.78, 5) is 12.4. The van der Waals surface area contributed by atoms with Crippen molar-refractivity contribution >= 4 is 22.6 Å². The lowest BCUT2D eigenvalue weighted by Crippen LogP contribution is -2.27. The zero-order valence-electron chi connectivity index (χ0n) is 23.5. The van der Waals surface area contributed by atoms with E-state index in [0.29, 0.717) is 17.3 Å². The minimum absolute atomic E-state index is 0.200. The molecule has 43 heavy (non-hydrogen) atoms. The van der Waals surface area contributed by atoms with Crippen molar-refractivity contribution in [1.29, 1.82) is 0 Å². The first-order valence-corrected chi connectivity index (χ1v) is 14.4. The summed E-state index contributed by atoms with van der Waals surface area (Å²) < 4.78 is 5.36. The zero-order valence-corrected chi connectivity index (χ0v) is 23.5. The van der Waals surface area contributed by atoms with Gasteiger partial charge in [0, 0.05) is 28.3 Å². The molecule has 1 saturated carbocycles. The lowest BCUT2D eigenvalue weighted by molar-refractivity contribution is 0.155. The van der Waals surface area contributed by atoms with Gasteiger partial charge in [0.15, 0.2) is 0 Å². The van der Waals surface area contributed by atoms with Gasteiger partial charge < -0.3 is 10.5 Å². The number of hydrogen-bond donors (Lipinski definition) is 3. The maximum Gasteiger partial charge on any atom is 0.411 e. The van der Waals surface area contributed by atoms with E-state index in [-0.39, 0.29) is 12.1 Å². The van der Waals surface area contributed by atoms with Crippen molar-refractivity contribution in [2.45, 2.75) is 30.9 Å². The smallest absolute Gasteiger partial charge is 0.411 e. The number of benzene rings is 5. The van der Waals surface area contributed by atoms with Crippen LogP contribution in [0.5, 0.6) is 0 Å². The molecular weight excluding hydrogens is 534 g/mol. The summed E-state index contributed by atoms with van der Waals surface area (Å²) in [5, 5.41) is 16.9. The second kappa shape index (κ2) is 11.2. The number of hydrogen-bond acceptors (Lipinski definition) is 5. The van der Waals surface area contributed by atoms with Crippen molar-refractivity contribution in [1.82, 2.24) is 15.4 Å². The third kappa shape index (κ3) is 5.76. The van der Waals surface area contributed by atoms with Crippen LogP contribution < -0.4 is 11.1 Å². The van der Waals surface area contributed by atoms with Crippen LogP contribution in [0.3, 0.4) is 0 Å². The van der Waals surface area contributed by atoms with Crippen LogP contribution >= 0.6 is 0 Å². The standard InChI is InChI=1S/C36H31N5O2/c37-36(21-25-13-14-26-9-4-5-10-29(26)19-25)22-32(36)27-15-17-28(18-16-27)33-34(40-41-39-33)30-11-6-12-31(20-30)38-35(42)43-23-24-7-2-1-3-8-24/h1-20,32H,21-23,37H2,(H,38,42)(H,39,40,41). The Morgan fingerprint density at radius 3 is 2.35 bits per heavy atom. The van der Waals surface area contributed by atoms with Crippen LogP contribution in [0.15, 0.2) is 121 Å². The third-order valence-corrected chi connectivity index (χ3v) is 8.19. The van der Waals surface area contributed by atoms with Crippen molar-refractivity contribution in [3.05, 3.63) is 138 Å². The molecule has 0 bridgehead atoms. The van der Waals surface area contributed by atoms with Crippen LogP contribution in [0.25, 0.3) is 33.3 Å². The third-order valence-electron chi connectivity index (χ3n) is 8.19. The lowest BCUT2D eigenvalue weighted by Gasteiger charge is -2.13. The second-order valence-electron chi connectivity index (χ2n) is 11.3. The molecule has 7 heteroatoms. The first-order chi connectivity index (χ1) is 21.0. The largest absolute Gasteiger partial charge is 0.444 e. The predicted molar refractivity (Wildman–Crippen MR) is 169 cm³/mol. The Labute approximate surface area is 249 Å². The van der Waals surface area contributed by atoms with E-state index in [1.807, 2.05) is 54.6 Å². The fraction of sp³-hybridized carbons (Fsp3) is 0.139. The minimum atomic E-state index is -0.520. The number of aromatic amines is 1. The average Bonchev–Trinajstić information content (AvgIpc) is 3.45. The number of H-pyrrole nitrogens is 1. The number of amides is 1. The van der Waals surface area contributed by atoms with E-state index in [1.165, 1.54) is 21.9 Å². The minimum Gasteiger partial charge on any atom is -0.444 e. The number of fused-ring (bicyclic) bond motifs is 1. The van der Waals surface area contributed by atoms with E-state index in [0.717, 1.165) is 35.2 Å². The molecule has 0 spiro atoms. The monoisotopic (exact) mass is 565 g/mol. The van der Waals surface area contributed by atoms with Gasteiger partial charge in [-0.25, -0.2) is 4.79 Å². The molecular formula is C36H31N5O2. The number of carbonyl (C=O) groups excluding carboxylic acids is 1. The van der Waals surface area contributed by atoms with Gasteiger partial charge in [-0.05, 0) is 52.4 Å². The molecule has 7 rings (SSSR count). The number of ether oxygens (including phenoxy) is 1. The highest BCUT2D eigenvalue weighted by Crippen LogP contribution is 2.51. The van der Waals surface area contributed by atoms with Crippen molar-refractivity contribution in [3.63, 3.8) is 0 Å². The SMILES string of the molecule is NC1(Cc2ccc3ccccc3c2)CC1c1ccc(-c2n[nH]nc2-c2cccc(NC(=O)OCc3ccccc3)c2)cc1. The molecule has 1 amide bonds. The van der Waals surface area contributed by atoms with E-state index in [1.54, 1.807) is 0 Å². The maximum absolute atomic E-state index is 12.4. The molecule has 1 fully saturated rings. The topological polar surface area (TPSA) is 106 Å². The number of nitrogens with one attached hydrogen (secondary N) is 2. The summed E-state index contributed by atoms with van der Waals surface area (Å²) in [5.74, 6) is 0.314. The molecule has 0 aliphatic heterocycles. The summed E-state index contributed by atoms with van der Waals surface area (Å²) in [6.45, 7) is 0.200. The number of aromatic nitrogens is 3. The van der Waals surface area contributed by atoms with E-state index in [2.05, 4.69) is 87.5 Å². The van der Waals surface area contributed by atoms with Crippen LogP contribution in [-0.2, 0) is 17.8 Å². The Bertz CT molecular complexity index is 1900. The molecule has 1 aromatic heterocycles. The average molecular weight is 566 g/mol. The number of anilines is 1. The van der Waals surface area contributed by atoms with E-state index >= 15 is 0 Å². The molecule has 6 aromatic rings. The van der Waals surface area contributed by atoms with Gasteiger partial charge in [-0.3, -0.25) is 5.32 Å². The van der Waals surface area contributed by atoms with E-state index in [4.69, 9.17) is 10.5 Å². The summed E-state index contributed by atoms with van der Waals surface area (Å²) in [7, 11) is 0. The van der Waals surface area contributed by atoms with E-state index < -0.39 is 6.09 Å². The van der Waals surface area contributed by atoms with Gasteiger partial charge in [0.05, 0.1) is 0 Å². The molecule has 0 radical (unpaired) electrons. The van der Waals surface area contributed by atoms with Crippen LogP contribution in [0.2, 0.25) is 0 Å². The van der Waals surface area contributed by atoms with Gasteiger partial charge in [-0.15, -0.1) is 0 Å². The molecule has 1 aliphatic carbocycles. The fourth-order valence-electron chi connectivity index (χ4n) is 5.82. The Morgan fingerprint density at radius 2 is 1.53 bits per heavy atom. The quantitative estimate of drug-likeness (QED) is 0.178. The first-order valence-electron chi connectivity index (χ1n) is 14.4. The fourth-order valence-corrected chi connectivity index (χ4v) is 5.82. The molecule has 7 nitrogen and oxygen atoms in total. The van der Waals surface area contributed by atoms with Crippen LogP contribution in [0.1, 0.15) is 29.0 Å². The van der Waals surface area contributed by atoms with Crippen molar-refractivity contribution in [2.75, 3.05) is 5.32 Å². The Hall–Kier alpha value is -5.27. The maximum atomic E-state index is 12.4. The van der Waals surface area contributed by atoms with Gasteiger partial charge in [0.2, 0.25) is 0 Å². The second-order valence-corrected chi connectivity index (χ2v) is 11.3. The molecule has 2 atom stereocenters. The molecule has 212 valence electrons. The Balaban J connectivity index is 1.02.